The van der Waals surface area contributed by atoms with Gasteiger partial charge in [0.1, 0.15) is 0 Å². The molecular weight excluding hydrogens is 368 g/mol. The van der Waals surface area contributed by atoms with Gasteiger partial charge in [-0.25, -0.2) is 0 Å². The summed E-state index contributed by atoms with van der Waals surface area (Å²) in [6.45, 7) is 3.64. The van der Waals surface area contributed by atoms with Crippen molar-refractivity contribution < 1.29 is 9.59 Å². The normalized spacial score (nSPS) is 18.4. The Bertz CT molecular complexity index is 985. The average Bonchev–Trinajstić information content (AvgIpc) is 3.23. The number of fused-ring (bicyclic) bond motifs is 1. The molecule has 4 rings (SSSR count). The van der Waals surface area contributed by atoms with E-state index in [-0.39, 0.29) is 23.9 Å². The van der Waals surface area contributed by atoms with Crippen molar-refractivity contribution in [1.82, 2.24) is 0 Å². The Morgan fingerprint density at radius 3 is 2.39 bits per heavy atom. The number of thiophene rings is 1. The first kappa shape index (κ1) is 18.4. The van der Waals surface area contributed by atoms with Gasteiger partial charge < -0.3 is 9.80 Å². The zero-order chi connectivity index (χ0) is 19.7. The Morgan fingerprint density at radius 2 is 1.71 bits per heavy atom. The van der Waals surface area contributed by atoms with Crippen LogP contribution < -0.4 is 9.80 Å². The van der Waals surface area contributed by atoms with E-state index in [0.717, 1.165) is 16.9 Å². The zero-order valence-corrected chi connectivity index (χ0v) is 16.7. The first-order valence-corrected chi connectivity index (χ1v) is 10.3. The minimum atomic E-state index is -0.140. The first-order valence-electron chi connectivity index (χ1n) is 9.38. The van der Waals surface area contributed by atoms with Crippen LogP contribution in [0.5, 0.6) is 0 Å². The minimum absolute atomic E-state index is 0.000233. The second-order valence-corrected chi connectivity index (χ2v) is 7.98. The molecule has 4 nitrogen and oxygen atoms in total. The molecule has 28 heavy (non-hydrogen) atoms. The Kier molecular flexibility index (Phi) is 5.01. The van der Waals surface area contributed by atoms with Crippen molar-refractivity contribution in [3.8, 4) is 0 Å². The number of carbonyl (C=O) groups is 2. The molecule has 0 bridgehead atoms. The van der Waals surface area contributed by atoms with Gasteiger partial charge in [0.15, 0.2) is 0 Å². The lowest BCUT2D eigenvalue weighted by molar-refractivity contribution is -0.117. The van der Waals surface area contributed by atoms with E-state index in [1.165, 1.54) is 11.3 Å². The van der Waals surface area contributed by atoms with Crippen LogP contribution in [-0.2, 0) is 4.79 Å². The fraction of sp³-hybridized carbons (Fsp3) is 0.217. The van der Waals surface area contributed by atoms with Crippen molar-refractivity contribution in [2.75, 3.05) is 9.80 Å². The number of nitrogens with zero attached hydrogens (tertiary/aromatic N) is 2. The van der Waals surface area contributed by atoms with Crippen molar-refractivity contribution in [2.45, 2.75) is 32.4 Å². The highest BCUT2D eigenvalue weighted by atomic mass is 32.1. The van der Waals surface area contributed by atoms with Crippen LogP contribution in [0.2, 0.25) is 0 Å². The van der Waals surface area contributed by atoms with E-state index in [4.69, 9.17) is 0 Å². The summed E-state index contributed by atoms with van der Waals surface area (Å²) in [6, 6.07) is 21.3. The van der Waals surface area contributed by atoms with Crippen LogP contribution >= 0.6 is 11.3 Å². The van der Waals surface area contributed by atoms with Gasteiger partial charge in [0.05, 0.1) is 10.9 Å². The Morgan fingerprint density at radius 1 is 1.00 bits per heavy atom. The van der Waals surface area contributed by atoms with Crippen LogP contribution in [0.1, 0.15) is 41.5 Å². The average molecular weight is 391 g/mol. The number of hydrogen-bond donors (Lipinski definition) is 0. The lowest BCUT2D eigenvalue weighted by Gasteiger charge is -2.43. The number of hydrogen-bond acceptors (Lipinski definition) is 3. The third kappa shape index (κ3) is 3.22. The van der Waals surface area contributed by atoms with Crippen LogP contribution in [0.4, 0.5) is 11.4 Å². The molecule has 5 heteroatoms. The van der Waals surface area contributed by atoms with Gasteiger partial charge in [-0.15, -0.1) is 11.3 Å². The maximum Gasteiger partial charge on any atom is 0.268 e. The molecule has 1 aliphatic rings. The summed E-state index contributed by atoms with van der Waals surface area (Å²) in [5.41, 5.74) is 2.76. The fourth-order valence-corrected chi connectivity index (χ4v) is 4.71. The van der Waals surface area contributed by atoms with Crippen LogP contribution in [-0.4, -0.2) is 17.9 Å². The molecule has 0 N–H and O–H groups in total. The molecule has 0 radical (unpaired) electrons. The summed E-state index contributed by atoms with van der Waals surface area (Å²) in [5.74, 6) is 0.0127. The van der Waals surface area contributed by atoms with Crippen LogP contribution in [0.15, 0.2) is 72.1 Å². The van der Waals surface area contributed by atoms with Crippen molar-refractivity contribution in [1.29, 1.82) is 0 Å². The lowest BCUT2D eigenvalue weighted by atomic mass is 9.90. The monoisotopic (exact) mass is 390 g/mol. The van der Waals surface area contributed by atoms with E-state index < -0.39 is 0 Å². The molecular formula is C23H22N2O2S. The van der Waals surface area contributed by atoms with Crippen molar-refractivity contribution in [3.63, 3.8) is 0 Å². The second kappa shape index (κ2) is 7.60. The van der Waals surface area contributed by atoms with Gasteiger partial charge in [-0.05, 0) is 48.6 Å². The predicted octanol–water partition coefficient (Wildman–Crippen LogP) is 5.28. The molecule has 0 aliphatic carbocycles. The third-order valence-electron chi connectivity index (χ3n) is 5.20. The summed E-state index contributed by atoms with van der Waals surface area (Å²) in [6.07, 6.45) is 0.683. The van der Waals surface area contributed by atoms with Gasteiger partial charge in [0.2, 0.25) is 5.91 Å². The number of anilines is 2. The van der Waals surface area contributed by atoms with E-state index in [2.05, 4.69) is 0 Å². The van der Waals surface area contributed by atoms with E-state index in [1.54, 1.807) is 6.92 Å². The molecule has 2 aromatic carbocycles. The van der Waals surface area contributed by atoms with E-state index in [9.17, 15) is 9.59 Å². The van der Waals surface area contributed by atoms with Crippen LogP contribution in [0.25, 0.3) is 0 Å². The summed E-state index contributed by atoms with van der Waals surface area (Å²) < 4.78 is 0. The predicted molar refractivity (Wildman–Crippen MR) is 114 cm³/mol. The molecule has 1 aliphatic heterocycles. The van der Waals surface area contributed by atoms with Gasteiger partial charge >= 0.3 is 0 Å². The SMILES string of the molecule is CC(=O)N1c2ccccc2[C@H](N(C(=O)c2cccs2)c2ccccc2)C[C@@H]1C. The van der Waals surface area contributed by atoms with E-state index >= 15 is 0 Å². The van der Waals surface area contributed by atoms with Crippen molar-refractivity contribution in [3.05, 3.63) is 82.6 Å². The maximum absolute atomic E-state index is 13.5. The highest BCUT2D eigenvalue weighted by Crippen LogP contribution is 2.42. The standard InChI is InChI=1S/C23H22N2O2S/c1-16-15-21(19-11-6-7-12-20(19)24(16)17(2)26)25(18-9-4-3-5-10-18)23(27)22-13-8-14-28-22/h3-14,16,21H,15H2,1-2H3/t16-,21+/m0/s1. The Balaban J connectivity index is 1.85. The quantitative estimate of drug-likeness (QED) is 0.610. The maximum atomic E-state index is 13.5. The number of benzene rings is 2. The summed E-state index contributed by atoms with van der Waals surface area (Å²) in [7, 11) is 0. The Labute approximate surface area is 169 Å². The van der Waals surface area contributed by atoms with E-state index in [0.29, 0.717) is 11.3 Å². The smallest absolute Gasteiger partial charge is 0.268 e. The molecule has 0 saturated heterocycles. The van der Waals surface area contributed by atoms with Gasteiger partial charge in [0.25, 0.3) is 5.91 Å². The van der Waals surface area contributed by atoms with Gasteiger partial charge in [0, 0.05) is 24.3 Å². The van der Waals surface area contributed by atoms with Crippen LogP contribution in [0.3, 0.4) is 0 Å². The highest BCUT2D eigenvalue weighted by molar-refractivity contribution is 7.12. The largest absolute Gasteiger partial charge is 0.309 e. The van der Waals surface area contributed by atoms with Crippen LogP contribution in [0, 0.1) is 0 Å². The second-order valence-electron chi connectivity index (χ2n) is 7.04. The van der Waals surface area contributed by atoms with Gasteiger partial charge in [-0.3, -0.25) is 9.59 Å². The summed E-state index contributed by atoms with van der Waals surface area (Å²) in [5, 5.41) is 1.92. The van der Waals surface area contributed by atoms with Gasteiger partial charge in [-0.2, -0.15) is 0 Å². The highest BCUT2D eigenvalue weighted by Gasteiger charge is 2.38. The van der Waals surface area contributed by atoms with Gasteiger partial charge in [-0.1, -0.05) is 42.5 Å². The number of para-hydroxylation sites is 2. The Hall–Kier alpha value is -2.92. The van der Waals surface area contributed by atoms with Crippen molar-refractivity contribution in [2.24, 2.45) is 0 Å². The third-order valence-corrected chi connectivity index (χ3v) is 6.05. The van der Waals surface area contributed by atoms with Crippen molar-refractivity contribution >= 4 is 34.5 Å². The molecule has 0 unspecified atom stereocenters. The molecule has 2 atom stereocenters. The lowest BCUT2D eigenvalue weighted by Crippen LogP contribution is -2.47. The topological polar surface area (TPSA) is 40.6 Å². The molecule has 0 saturated carbocycles. The molecule has 142 valence electrons. The zero-order valence-electron chi connectivity index (χ0n) is 15.9. The number of carbonyl (C=O) groups excluding carboxylic acids is 2. The molecule has 2 amide bonds. The molecule has 3 aromatic rings. The molecule has 1 aromatic heterocycles. The number of amides is 2. The first-order chi connectivity index (χ1) is 13.6. The van der Waals surface area contributed by atoms with E-state index in [1.807, 2.05) is 88.8 Å². The molecule has 2 heterocycles. The molecule has 0 fully saturated rings. The minimum Gasteiger partial charge on any atom is -0.309 e. The molecule has 0 spiro atoms. The fourth-order valence-electron chi connectivity index (χ4n) is 4.05. The summed E-state index contributed by atoms with van der Waals surface area (Å²) >= 11 is 1.45. The summed E-state index contributed by atoms with van der Waals surface area (Å²) in [4.78, 5) is 30.2. The number of rotatable bonds is 3.